The van der Waals surface area contributed by atoms with Crippen molar-refractivity contribution in [2.24, 2.45) is 0 Å². The van der Waals surface area contributed by atoms with Crippen molar-refractivity contribution in [1.29, 1.82) is 0 Å². The molecule has 2 aromatic heterocycles. The smallest absolute Gasteiger partial charge is 0.326 e. The van der Waals surface area contributed by atoms with Crippen molar-refractivity contribution in [3.63, 3.8) is 0 Å². The highest BCUT2D eigenvalue weighted by Crippen LogP contribution is 2.28. The molecule has 7 heteroatoms. The number of aliphatic carboxylic acids is 1. The van der Waals surface area contributed by atoms with Gasteiger partial charge in [-0.15, -0.1) is 0 Å². The van der Waals surface area contributed by atoms with Crippen molar-refractivity contribution < 1.29 is 19.4 Å². The second-order valence-electron chi connectivity index (χ2n) is 10.0. The number of ketones is 1. The van der Waals surface area contributed by atoms with Gasteiger partial charge in [0, 0.05) is 45.7 Å². The average Bonchev–Trinajstić information content (AvgIpc) is 3.35. The Morgan fingerprint density at radius 1 is 0.810 bits per heavy atom. The zero-order valence-corrected chi connectivity index (χ0v) is 22.8. The SMILES string of the molecule is O=C(c1ccccc1)c1ccccc1NC(Cc1ccc(OCCn2c3ccccc3c3ccncc32)cc1)C(=O)O. The summed E-state index contributed by atoms with van der Waals surface area (Å²) in [7, 11) is 0. The van der Waals surface area contributed by atoms with Crippen LogP contribution in [-0.4, -0.2) is 39.1 Å². The molecule has 6 rings (SSSR count). The van der Waals surface area contributed by atoms with Crippen LogP contribution in [0.15, 0.2) is 122 Å². The first-order valence-corrected chi connectivity index (χ1v) is 13.8. The number of benzene rings is 4. The Morgan fingerprint density at radius 3 is 2.33 bits per heavy atom. The second-order valence-corrected chi connectivity index (χ2v) is 10.0. The van der Waals surface area contributed by atoms with E-state index in [0.29, 0.717) is 35.7 Å². The number of nitrogens with zero attached hydrogens (tertiary/aromatic N) is 2. The Labute approximate surface area is 243 Å². The van der Waals surface area contributed by atoms with Crippen molar-refractivity contribution in [2.45, 2.75) is 19.0 Å². The Balaban J connectivity index is 1.12. The topological polar surface area (TPSA) is 93.5 Å². The third-order valence-electron chi connectivity index (χ3n) is 7.36. The van der Waals surface area contributed by atoms with Gasteiger partial charge in [0.25, 0.3) is 0 Å². The normalized spacial score (nSPS) is 11.8. The summed E-state index contributed by atoms with van der Waals surface area (Å²) in [4.78, 5) is 29.6. The van der Waals surface area contributed by atoms with Gasteiger partial charge in [0.15, 0.2) is 5.78 Å². The van der Waals surface area contributed by atoms with Crippen molar-refractivity contribution in [2.75, 3.05) is 11.9 Å². The molecular formula is C35H29N3O4. The Kier molecular flexibility index (Phi) is 7.64. The molecule has 0 aliphatic carbocycles. The molecule has 7 nitrogen and oxygen atoms in total. The minimum absolute atomic E-state index is 0.165. The molecule has 0 amide bonds. The summed E-state index contributed by atoms with van der Waals surface area (Å²) in [6.07, 6.45) is 3.93. The third-order valence-corrected chi connectivity index (χ3v) is 7.36. The van der Waals surface area contributed by atoms with E-state index in [0.717, 1.165) is 16.6 Å². The number of pyridine rings is 1. The fourth-order valence-corrected chi connectivity index (χ4v) is 5.29. The summed E-state index contributed by atoms with van der Waals surface area (Å²) in [5.41, 5.74) is 4.50. The fourth-order valence-electron chi connectivity index (χ4n) is 5.29. The first-order chi connectivity index (χ1) is 20.6. The van der Waals surface area contributed by atoms with E-state index >= 15 is 0 Å². The molecule has 1 atom stereocenters. The van der Waals surface area contributed by atoms with E-state index in [4.69, 9.17) is 4.74 Å². The lowest BCUT2D eigenvalue weighted by Crippen LogP contribution is -2.32. The second kappa shape index (κ2) is 12.0. The van der Waals surface area contributed by atoms with E-state index in [1.165, 1.54) is 10.8 Å². The van der Waals surface area contributed by atoms with E-state index in [1.54, 1.807) is 48.5 Å². The summed E-state index contributed by atoms with van der Waals surface area (Å²) < 4.78 is 8.27. The van der Waals surface area contributed by atoms with Gasteiger partial charge < -0.3 is 19.7 Å². The number of para-hydroxylation sites is 2. The molecule has 0 spiro atoms. The van der Waals surface area contributed by atoms with Crippen LogP contribution in [0.25, 0.3) is 21.8 Å². The molecule has 0 fully saturated rings. The number of carboxylic acids is 1. The number of rotatable bonds is 11. The van der Waals surface area contributed by atoms with Gasteiger partial charge in [-0.2, -0.15) is 0 Å². The van der Waals surface area contributed by atoms with E-state index in [1.807, 2.05) is 60.9 Å². The van der Waals surface area contributed by atoms with Gasteiger partial charge in [0.1, 0.15) is 18.4 Å². The highest BCUT2D eigenvalue weighted by molar-refractivity contribution is 6.12. The first kappa shape index (κ1) is 26.8. The fraction of sp³-hybridized carbons (Fsp3) is 0.114. The molecule has 0 saturated carbocycles. The maximum atomic E-state index is 13.1. The molecule has 0 bridgehead atoms. The predicted molar refractivity (Wildman–Crippen MR) is 164 cm³/mol. The number of nitrogens with one attached hydrogen (secondary N) is 1. The average molecular weight is 556 g/mol. The summed E-state index contributed by atoms with van der Waals surface area (Å²) in [5.74, 6) is -0.462. The Bertz CT molecular complexity index is 1810. The zero-order chi connectivity index (χ0) is 28.9. The van der Waals surface area contributed by atoms with Crippen LogP contribution in [0.4, 0.5) is 5.69 Å². The van der Waals surface area contributed by atoms with Crippen LogP contribution in [0.2, 0.25) is 0 Å². The summed E-state index contributed by atoms with van der Waals surface area (Å²) in [6, 6.07) is 32.8. The monoisotopic (exact) mass is 555 g/mol. The van der Waals surface area contributed by atoms with Crippen LogP contribution in [0.5, 0.6) is 5.75 Å². The van der Waals surface area contributed by atoms with Gasteiger partial charge in [-0.3, -0.25) is 9.78 Å². The standard InChI is InChI=1S/C35H29N3O4/c39-34(25-8-2-1-3-9-25)29-11-4-6-12-30(29)37-31(35(40)41)22-24-14-16-26(17-15-24)42-21-20-38-32-13-7-5-10-27(32)28-18-19-36-23-33(28)38/h1-19,23,31,37H,20-22H2,(H,40,41). The van der Waals surface area contributed by atoms with Crippen LogP contribution in [0.3, 0.4) is 0 Å². The van der Waals surface area contributed by atoms with E-state index in [9.17, 15) is 14.7 Å². The van der Waals surface area contributed by atoms with Crippen molar-refractivity contribution >= 4 is 39.2 Å². The number of anilines is 1. The maximum absolute atomic E-state index is 13.1. The van der Waals surface area contributed by atoms with Gasteiger partial charge >= 0.3 is 5.97 Å². The maximum Gasteiger partial charge on any atom is 0.326 e. The van der Waals surface area contributed by atoms with E-state index in [-0.39, 0.29) is 12.2 Å². The van der Waals surface area contributed by atoms with Gasteiger partial charge in [-0.1, -0.05) is 72.8 Å². The number of ether oxygens (including phenoxy) is 1. The lowest BCUT2D eigenvalue weighted by Gasteiger charge is -2.18. The molecule has 0 aliphatic heterocycles. The van der Waals surface area contributed by atoms with Crippen molar-refractivity contribution in [3.8, 4) is 5.75 Å². The minimum Gasteiger partial charge on any atom is -0.492 e. The lowest BCUT2D eigenvalue weighted by atomic mass is 10.00. The highest BCUT2D eigenvalue weighted by atomic mass is 16.5. The molecule has 208 valence electrons. The van der Waals surface area contributed by atoms with E-state index < -0.39 is 12.0 Å². The van der Waals surface area contributed by atoms with Crippen molar-refractivity contribution in [3.05, 3.63) is 138 Å². The largest absolute Gasteiger partial charge is 0.492 e. The molecular weight excluding hydrogens is 526 g/mol. The third kappa shape index (κ3) is 5.58. The summed E-state index contributed by atoms with van der Waals surface area (Å²) >= 11 is 0. The van der Waals surface area contributed by atoms with Gasteiger partial charge in [-0.05, 0) is 42.0 Å². The number of carbonyl (C=O) groups excluding carboxylic acids is 1. The van der Waals surface area contributed by atoms with Gasteiger partial charge in [0.05, 0.1) is 18.3 Å². The molecule has 42 heavy (non-hydrogen) atoms. The summed E-state index contributed by atoms with van der Waals surface area (Å²) in [6.45, 7) is 1.12. The van der Waals surface area contributed by atoms with Gasteiger partial charge in [0.2, 0.25) is 0 Å². The van der Waals surface area contributed by atoms with Crippen LogP contribution in [0, 0.1) is 0 Å². The van der Waals surface area contributed by atoms with Crippen LogP contribution in [-0.2, 0) is 17.8 Å². The summed E-state index contributed by atoms with van der Waals surface area (Å²) in [5, 5.41) is 15.4. The molecule has 2 N–H and O–H groups in total. The van der Waals surface area contributed by atoms with Crippen molar-refractivity contribution in [1.82, 2.24) is 9.55 Å². The van der Waals surface area contributed by atoms with Crippen LogP contribution < -0.4 is 10.1 Å². The Morgan fingerprint density at radius 2 is 1.52 bits per heavy atom. The molecule has 4 aromatic carbocycles. The number of carbonyl (C=O) groups is 2. The van der Waals surface area contributed by atoms with Crippen LogP contribution in [0.1, 0.15) is 21.5 Å². The Hall–Kier alpha value is -5.43. The quantitative estimate of drug-likeness (QED) is 0.175. The lowest BCUT2D eigenvalue weighted by molar-refractivity contribution is -0.137. The van der Waals surface area contributed by atoms with Gasteiger partial charge in [-0.25, -0.2) is 4.79 Å². The molecule has 0 radical (unpaired) electrons. The number of aromatic nitrogens is 2. The number of hydrogen-bond donors (Lipinski definition) is 2. The highest BCUT2D eigenvalue weighted by Gasteiger charge is 2.21. The van der Waals surface area contributed by atoms with Crippen LogP contribution >= 0.6 is 0 Å². The first-order valence-electron chi connectivity index (χ1n) is 13.8. The molecule has 6 aromatic rings. The molecule has 0 saturated heterocycles. The minimum atomic E-state index is -1.00. The number of hydrogen-bond acceptors (Lipinski definition) is 5. The predicted octanol–water partition coefficient (Wildman–Crippen LogP) is 6.61. The zero-order valence-electron chi connectivity index (χ0n) is 22.8. The number of carboxylic acid groups (broad SMARTS) is 1. The number of fused-ring (bicyclic) bond motifs is 3. The molecule has 1 unspecified atom stereocenters. The van der Waals surface area contributed by atoms with E-state index in [2.05, 4.69) is 27.0 Å². The molecule has 2 heterocycles. The molecule has 0 aliphatic rings.